The standard InChI is InChI=1S/C30H30N4O4/c31-29(36)22-6-4-5-20(17-22)28(35)21-7-12-25-26(30(37)33-27(25)18-21)19-32-23-8-10-24(11-9-23)38-16-15-34-13-2-1-3-14-34/h4-12,17-19,32H,1-3,13-16H2,(H2,31,36)(H,33,37). The van der Waals surface area contributed by atoms with Crippen molar-refractivity contribution in [3.8, 4) is 5.75 Å². The summed E-state index contributed by atoms with van der Waals surface area (Å²) in [4.78, 5) is 39.5. The predicted molar refractivity (Wildman–Crippen MR) is 147 cm³/mol. The first-order valence-electron chi connectivity index (χ1n) is 12.8. The number of anilines is 2. The summed E-state index contributed by atoms with van der Waals surface area (Å²) < 4.78 is 5.89. The first-order valence-corrected chi connectivity index (χ1v) is 12.8. The molecule has 194 valence electrons. The van der Waals surface area contributed by atoms with Crippen LogP contribution in [-0.4, -0.2) is 48.7 Å². The van der Waals surface area contributed by atoms with E-state index in [1.54, 1.807) is 42.6 Å². The summed E-state index contributed by atoms with van der Waals surface area (Å²) in [7, 11) is 0. The third kappa shape index (κ3) is 5.76. The molecule has 1 fully saturated rings. The van der Waals surface area contributed by atoms with E-state index in [2.05, 4.69) is 15.5 Å². The Morgan fingerprint density at radius 2 is 1.68 bits per heavy atom. The predicted octanol–water partition coefficient (Wildman–Crippen LogP) is 4.29. The fraction of sp³-hybridized carbons (Fsp3) is 0.233. The lowest BCUT2D eigenvalue weighted by Crippen LogP contribution is -2.33. The van der Waals surface area contributed by atoms with Crippen LogP contribution < -0.4 is 21.1 Å². The van der Waals surface area contributed by atoms with Gasteiger partial charge in [-0.2, -0.15) is 0 Å². The molecule has 2 amide bonds. The molecule has 1 saturated heterocycles. The quantitative estimate of drug-likeness (QED) is 0.292. The molecule has 2 aliphatic rings. The summed E-state index contributed by atoms with van der Waals surface area (Å²) >= 11 is 0. The molecule has 8 heteroatoms. The number of nitrogens with one attached hydrogen (secondary N) is 2. The van der Waals surface area contributed by atoms with Crippen LogP contribution in [0.5, 0.6) is 5.75 Å². The summed E-state index contributed by atoms with van der Waals surface area (Å²) in [6.45, 7) is 3.91. The fourth-order valence-electron chi connectivity index (χ4n) is 4.74. The van der Waals surface area contributed by atoms with Crippen LogP contribution in [0.1, 0.15) is 51.1 Å². The Labute approximate surface area is 221 Å². The van der Waals surface area contributed by atoms with Crippen molar-refractivity contribution >= 4 is 34.5 Å². The highest BCUT2D eigenvalue weighted by molar-refractivity contribution is 6.32. The Bertz CT molecular complexity index is 1390. The van der Waals surface area contributed by atoms with Crippen molar-refractivity contribution in [1.82, 2.24) is 4.90 Å². The number of benzene rings is 3. The molecule has 8 nitrogen and oxygen atoms in total. The van der Waals surface area contributed by atoms with Gasteiger partial charge in [0.25, 0.3) is 5.91 Å². The first kappa shape index (κ1) is 25.2. The minimum absolute atomic E-state index is 0.259. The number of carbonyl (C=O) groups is 3. The number of hydrogen-bond acceptors (Lipinski definition) is 6. The van der Waals surface area contributed by atoms with E-state index in [1.165, 1.54) is 25.3 Å². The Balaban J connectivity index is 1.22. The number of hydrogen-bond donors (Lipinski definition) is 3. The number of nitrogens with zero attached hydrogens (tertiary/aromatic N) is 1. The fourth-order valence-corrected chi connectivity index (χ4v) is 4.74. The van der Waals surface area contributed by atoms with Crippen LogP contribution in [0.2, 0.25) is 0 Å². The van der Waals surface area contributed by atoms with Gasteiger partial charge in [0.15, 0.2) is 5.78 Å². The second-order valence-corrected chi connectivity index (χ2v) is 9.47. The molecule has 3 aromatic rings. The van der Waals surface area contributed by atoms with Crippen molar-refractivity contribution in [1.29, 1.82) is 0 Å². The maximum atomic E-state index is 13.0. The molecule has 38 heavy (non-hydrogen) atoms. The van der Waals surface area contributed by atoms with E-state index in [-0.39, 0.29) is 17.3 Å². The monoisotopic (exact) mass is 510 g/mol. The zero-order valence-electron chi connectivity index (χ0n) is 21.0. The summed E-state index contributed by atoms with van der Waals surface area (Å²) in [5.74, 6) is -0.315. The Morgan fingerprint density at radius 3 is 2.45 bits per heavy atom. The van der Waals surface area contributed by atoms with Gasteiger partial charge in [-0.1, -0.05) is 30.7 Å². The summed E-state index contributed by atoms with van der Waals surface area (Å²) in [5, 5.41) is 6.00. The van der Waals surface area contributed by atoms with E-state index in [0.29, 0.717) is 34.6 Å². The maximum Gasteiger partial charge on any atom is 0.257 e. The maximum absolute atomic E-state index is 13.0. The van der Waals surface area contributed by atoms with E-state index in [9.17, 15) is 14.4 Å². The van der Waals surface area contributed by atoms with Crippen LogP contribution in [0.3, 0.4) is 0 Å². The van der Waals surface area contributed by atoms with Gasteiger partial charge in [-0.05, 0) is 68.4 Å². The third-order valence-electron chi connectivity index (χ3n) is 6.84. The number of fused-ring (bicyclic) bond motifs is 1. The van der Waals surface area contributed by atoms with Gasteiger partial charge in [0.1, 0.15) is 12.4 Å². The zero-order chi connectivity index (χ0) is 26.5. The van der Waals surface area contributed by atoms with Crippen molar-refractivity contribution in [2.75, 3.05) is 36.9 Å². The number of nitrogens with two attached hydrogens (primary N) is 1. The Morgan fingerprint density at radius 1 is 0.947 bits per heavy atom. The van der Waals surface area contributed by atoms with Crippen molar-refractivity contribution in [2.45, 2.75) is 19.3 Å². The molecule has 0 atom stereocenters. The van der Waals surface area contributed by atoms with Crippen molar-refractivity contribution in [2.24, 2.45) is 5.73 Å². The van der Waals surface area contributed by atoms with E-state index < -0.39 is 5.91 Å². The molecule has 0 unspecified atom stereocenters. The number of ether oxygens (including phenoxy) is 1. The molecule has 0 bridgehead atoms. The number of piperidine rings is 1. The Hall–Kier alpha value is -4.43. The molecule has 0 spiro atoms. The van der Waals surface area contributed by atoms with Crippen LogP contribution >= 0.6 is 0 Å². The van der Waals surface area contributed by atoms with Crippen LogP contribution in [0.4, 0.5) is 11.4 Å². The van der Waals surface area contributed by atoms with Crippen LogP contribution in [-0.2, 0) is 4.79 Å². The SMILES string of the molecule is NC(=O)c1cccc(C(=O)c2ccc3c(c2)NC(=O)C3=CNc2ccc(OCCN3CCCCC3)cc2)c1. The van der Waals surface area contributed by atoms with Gasteiger partial charge in [-0.25, -0.2) is 0 Å². The number of carbonyl (C=O) groups excluding carboxylic acids is 3. The van der Waals surface area contributed by atoms with Gasteiger partial charge < -0.3 is 21.1 Å². The average Bonchev–Trinajstić information content (AvgIpc) is 3.26. The largest absolute Gasteiger partial charge is 0.492 e. The van der Waals surface area contributed by atoms with Gasteiger partial charge >= 0.3 is 0 Å². The van der Waals surface area contributed by atoms with E-state index in [1.807, 2.05) is 24.3 Å². The average molecular weight is 511 g/mol. The molecule has 0 radical (unpaired) electrons. The topological polar surface area (TPSA) is 114 Å². The molecule has 0 aromatic heterocycles. The molecular formula is C30H30N4O4. The van der Waals surface area contributed by atoms with Gasteiger partial charge in [-0.3, -0.25) is 19.3 Å². The highest BCUT2D eigenvalue weighted by atomic mass is 16.5. The molecule has 2 heterocycles. The van der Waals surface area contributed by atoms with Crippen molar-refractivity contribution in [3.63, 3.8) is 0 Å². The molecule has 4 N–H and O–H groups in total. The second-order valence-electron chi connectivity index (χ2n) is 9.47. The van der Waals surface area contributed by atoms with E-state index in [0.717, 1.165) is 31.1 Å². The number of amides is 2. The van der Waals surface area contributed by atoms with Gasteiger partial charge in [0, 0.05) is 46.4 Å². The number of ketones is 1. The minimum atomic E-state index is -0.599. The molecule has 5 rings (SSSR count). The van der Waals surface area contributed by atoms with Gasteiger partial charge in [0.2, 0.25) is 5.91 Å². The lowest BCUT2D eigenvalue weighted by Gasteiger charge is -2.26. The van der Waals surface area contributed by atoms with Crippen molar-refractivity contribution in [3.05, 3.63) is 95.2 Å². The lowest BCUT2D eigenvalue weighted by atomic mass is 9.98. The van der Waals surface area contributed by atoms with E-state index in [4.69, 9.17) is 10.5 Å². The summed E-state index contributed by atoms with van der Waals surface area (Å²) in [6, 6.07) is 18.9. The summed E-state index contributed by atoms with van der Waals surface area (Å²) in [5.41, 5.74) is 8.88. The van der Waals surface area contributed by atoms with Crippen LogP contribution in [0.25, 0.3) is 5.57 Å². The molecule has 3 aromatic carbocycles. The van der Waals surface area contributed by atoms with Crippen molar-refractivity contribution < 1.29 is 19.1 Å². The number of likely N-dealkylation sites (tertiary alicyclic amines) is 1. The molecule has 2 aliphatic heterocycles. The third-order valence-corrected chi connectivity index (χ3v) is 6.84. The van der Waals surface area contributed by atoms with E-state index >= 15 is 0 Å². The molecule has 0 aliphatic carbocycles. The second kappa shape index (κ2) is 11.3. The van der Waals surface area contributed by atoms with Crippen LogP contribution in [0, 0.1) is 0 Å². The lowest BCUT2D eigenvalue weighted by molar-refractivity contribution is -0.110. The first-order chi connectivity index (χ1) is 18.5. The number of primary amides is 1. The zero-order valence-corrected chi connectivity index (χ0v) is 21.0. The molecular weight excluding hydrogens is 480 g/mol. The van der Waals surface area contributed by atoms with Crippen LogP contribution in [0.15, 0.2) is 72.9 Å². The normalized spacial score (nSPS) is 16.1. The molecule has 0 saturated carbocycles. The smallest absolute Gasteiger partial charge is 0.257 e. The number of rotatable bonds is 9. The summed E-state index contributed by atoms with van der Waals surface area (Å²) in [6.07, 6.45) is 5.52. The Kier molecular flexibility index (Phi) is 7.51. The highest BCUT2D eigenvalue weighted by Gasteiger charge is 2.25. The highest BCUT2D eigenvalue weighted by Crippen LogP contribution is 2.33. The van der Waals surface area contributed by atoms with Gasteiger partial charge in [0.05, 0.1) is 5.57 Å². The van der Waals surface area contributed by atoms with Gasteiger partial charge in [-0.15, -0.1) is 0 Å². The minimum Gasteiger partial charge on any atom is -0.492 e.